The zero-order valence-corrected chi connectivity index (χ0v) is 15.6. The summed E-state index contributed by atoms with van der Waals surface area (Å²) in [6.45, 7) is 4.10. The van der Waals surface area contributed by atoms with Crippen LogP contribution in [0.3, 0.4) is 0 Å². The van der Waals surface area contributed by atoms with Crippen LogP contribution in [0.1, 0.15) is 20.9 Å². The first-order chi connectivity index (χ1) is 12.6. The first-order valence-corrected chi connectivity index (χ1v) is 9.12. The van der Waals surface area contributed by atoms with E-state index < -0.39 is 0 Å². The lowest BCUT2D eigenvalue weighted by Crippen LogP contribution is -1.95. The molecule has 0 aliphatic rings. The summed E-state index contributed by atoms with van der Waals surface area (Å²) >= 11 is 1.59. The molecule has 0 amide bonds. The first kappa shape index (κ1) is 16.5. The number of carbonyl (C=O) groups excluding carboxylic acids is 1. The molecule has 0 atom stereocenters. The minimum absolute atomic E-state index is 0.582. The van der Waals surface area contributed by atoms with Crippen LogP contribution in [-0.2, 0) is 0 Å². The van der Waals surface area contributed by atoms with Crippen molar-refractivity contribution in [1.29, 1.82) is 0 Å². The monoisotopic (exact) mass is 362 g/mol. The van der Waals surface area contributed by atoms with Gasteiger partial charge in [0.1, 0.15) is 17.1 Å². The van der Waals surface area contributed by atoms with Gasteiger partial charge in [-0.25, -0.2) is 4.98 Å². The zero-order chi connectivity index (χ0) is 18.3. The molecule has 130 valence electrons. The minimum Gasteiger partial charge on any atom is -0.497 e. The Kier molecular flexibility index (Phi) is 4.09. The standard InChI is InChI=1S/C21H18N2O2S/c1-13-4-6-15(7-5-13)19-18(12-24)23-20(14(2)26-21(23)22-19)16-8-10-17(25-3)11-9-16/h4-12H,1-3H3. The van der Waals surface area contributed by atoms with Crippen LogP contribution < -0.4 is 4.74 Å². The van der Waals surface area contributed by atoms with Gasteiger partial charge in [-0.15, -0.1) is 11.3 Å². The Hall–Kier alpha value is -2.92. The quantitative estimate of drug-likeness (QED) is 0.471. The first-order valence-electron chi connectivity index (χ1n) is 8.31. The van der Waals surface area contributed by atoms with Gasteiger partial charge in [0.2, 0.25) is 0 Å². The molecule has 0 N–H and O–H groups in total. The van der Waals surface area contributed by atoms with E-state index in [1.807, 2.05) is 59.9 Å². The molecule has 0 saturated carbocycles. The van der Waals surface area contributed by atoms with Crippen molar-refractivity contribution in [1.82, 2.24) is 9.38 Å². The second kappa shape index (κ2) is 6.42. The average Bonchev–Trinajstić information content (AvgIpc) is 3.16. The van der Waals surface area contributed by atoms with Crippen LogP contribution in [0.4, 0.5) is 0 Å². The van der Waals surface area contributed by atoms with Crippen molar-refractivity contribution in [2.24, 2.45) is 0 Å². The summed E-state index contributed by atoms with van der Waals surface area (Å²) in [5, 5.41) is 0. The molecular formula is C21H18N2O2S. The van der Waals surface area contributed by atoms with Crippen LogP contribution in [0.25, 0.3) is 27.5 Å². The van der Waals surface area contributed by atoms with Gasteiger partial charge in [0.15, 0.2) is 11.2 Å². The molecule has 4 rings (SSSR count). The second-order valence-electron chi connectivity index (χ2n) is 6.18. The smallest absolute Gasteiger partial charge is 0.195 e. The van der Waals surface area contributed by atoms with Gasteiger partial charge < -0.3 is 4.74 Å². The molecule has 0 saturated heterocycles. The van der Waals surface area contributed by atoms with Crippen molar-refractivity contribution in [3.05, 3.63) is 64.7 Å². The normalized spacial score (nSPS) is 11.0. The van der Waals surface area contributed by atoms with Crippen molar-refractivity contribution in [3.63, 3.8) is 0 Å². The van der Waals surface area contributed by atoms with Crippen molar-refractivity contribution < 1.29 is 9.53 Å². The molecular weight excluding hydrogens is 344 g/mol. The number of aldehydes is 1. The average molecular weight is 362 g/mol. The van der Waals surface area contributed by atoms with Crippen molar-refractivity contribution in [2.75, 3.05) is 7.11 Å². The number of fused-ring (bicyclic) bond motifs is 1. The second-order valence-corrected chi connectivity index (χ2v) is 7.36. The molecule has 0 fully saturated rings. The van der Waals surface area contributed by atoms with Crippen LogP contribution in [0, 0.1) is 13.8 Å². The fraction of sp³-hybridized carbons (Fsp3) is 0.143. The third kappa shape index (κ3) is 2.61. The maximum atomic E-state index is 12.0. The predicted octanol–water partition coefficient (Wildman–Crippen LogP) is 5.17. The summed E-state index contributed by atoms with van der Waals surface area (Å²) in [6.07, 6.45) is 0.897. The summed E-state index contributed by atoms with van der Waals surface area (Å²) in [7, 11) is 1.65. The number of methoxy groups -OCH3 is 1. The highest BCUT2D eigenvalue weighted by atomic mass is 32.1. The summed E-state index contributed by atoms with van der Waals surface area (Å²) in [5.41, 5.74) is 5.47. The molecule has 26 heavy (non-hydrogen) atoms. The third-order valence-electron chi connectivity index (χ3n) is 4.48. The van der Waals surface area contributed by atoms with Crippen molar-refractivity contribution in [2.45, 2.75) is 13.8 Å². The van der Waals surface area contributed by atoms with Gasteiger partial charge in [-0.3, -0.25) is 9.20 Å². The Morgan fingerprint density at radius 2 is 1.65 bits per heavy atom. The van der Waals surface area contributed by atoms with Gasteiger partial charge in [-0.2, -0.15) is 0 Å². The maximum Gasteiger partial charge on any atom is 0.195 e. The number of nitrogens with zero attached hydrogens (tertiary/aromatic N) is 2. The number of carbonyl (C=O) groups is 1. The van der Waals surface area contributed by atoms with Crippen LogP contribution in [0.5, 0.6) is 5.75 Å². The molecule has 2 heterocycles. The molecule has 4 aromatic rings. The molecule has 4 nitrogen and oxygen atoms in total. The lowest BCUT2D eigenvalue weighted by Gasteiger charge is -2.06. The summed E-state index contributed by atoms with van der Waals surface area (Å²) in [4.78, 5) is 18.7. The fourth-order valence-electron chi connectivity index (χ4n) is 3.15. The molecule has 0 bridgehead atoms. The molecule has 0 aliphatic heterocycles. The number of rotatable bonds is 4. The van der Waals surface area contributed by atoms with Gasteiger partial charge in [0, 0.05) is 10.4 Å². The van der Waals surface area contributed by atoms with Crippen LogP contribution >= 0.6 is 11.3 Å². The molecule has 0 spiro atoms. The Balaban J connectivity index is 1.95. The minimum atomic E-state index is 0.582. The molecule has 2 aromatic heterocycles. The van der Waals surface area contributed by atoms with E-state index in [9.17, 15) is 4.79 Å². The van der Waals surface area contributed by atoms with E-state index in [4.69, 9.17) is 9.72 Å². The largest absolute Gasteiger partial charge is 0.497 e. The number of ether oxygens (including phenoxy) is 1. The SMILES string of the molecule is COc1ccc(-c2c(C)sc3nc(-c4ccc(C)cc4)c(C=O)n23)cc1. The van der Waals surface area contributed by atoms with E-state index in [0.717, 1.165) is 44.4 Å². The molecule has 0 unspecified atom stereocenters. The van der Waals surface area contributed by atoms with Crippen LogP contribution in [-0.4, -0.2) is 22.8 Å². The highest BCUT2D eigenvalue weighted by molar-refractivity contribution is 7.17. The van der Waals surface area contributed by atoms with Crippen molar-refractivity contribution in [3.8, 4) is 28.3 Å². The molecule has 0 radical (unpaired) electrons. The van der Waals surface area contributed by atoms with Gasteiger partial charge >= 0.3 is 0 Å². The zero-order valence-electron chi connectivity index (χ0n) is 14.8. The van der Waals surface area contributed by atoms with E-state index in [0.29, 0.717) is 5.69 Å². The lowest BCUT2D eigenvalue weighted by atomic mass is 10.1. The highest BCUT2D eigenvalue weighted by Crippen LogP contribution is 2.36. The Bertz CT molecular complexity index is 1090. The lowest BCUT2D eigenvalue weighted by molar-refractivity contribution is 0.111. The Labute approximate surface area is 155 Å². The molecule has 2 aromatic carbocycles. The van der Waals surface area contributed by atoms with Crippen molar-refractivity contribution >= 4 is 22.6 Å². The Morgan fingerprint density at radius 3 is 2.27 bits per heavy atom. The van der Waals surface area contributed by atoms with E-state index in [2.05, 4.69) is 6.92 Å². The number of hydrogen-bond acceptors (Lipinski definition) is 4. The summed E-state index contributed by atoms with van der Waals surface area (Å²) in [5.74, 6) is 0.805. The van der Waals surface area contributed by atoms with E-state index in [1.54, 1.807) is 18.4 Å². The van der Waals surface area contributed by atoms with Gasteiger partial charge in [-0.1, -0.05) is 29.8 Å². The summed E-state index contributed by atoms with van der Waals surface area (Å²) < 4.78 is 7.21. The topological polar surface area (TPSA) is 43.6 Å². The van der Waals surface area contributed by atoms with Crippen LogP contribution in [0.2, 0.25) is 0 Å². The molecule has 5 heteroatoms. The van der Waals surface area contributed by atoms with Gasteiger partial charge in [0.25, 0.3) is 0 Å². The maximum absolute atomic E-state index is 12.0. The number of aryl methyl sites for hydroxylation is 2. The highest BCUT2D eigenvalue weighted by Gasteiger charge is 2.20. The van der Waals surface area contributed by atoms with E-state index in [-0.39, 0.29) is 0 Å². The van der Waals surface area contributed by atoms with E-state index in [1.165, 1.54) is 5.56 Å². The summed E-state index contributed by atoms with van der Waals surface area (Å²) in [6, 6.07) is 16.0. The van der Waals surface area contributed by atoms with Gasteiger partial charge in [-0.05, 0) is 43.7 Å². The number of imidazole rings is 1. The predicted molar refractivity (Wildman–Crippen MR) is 105 cm³/mol. The third-order valence-corrected chi connectivity index (χ3v) is 5.44. The molecule has 0 aliphatic carbocycles. The van der Waals surface area contributed by atoms with Gasteiger partial charge in [0.05, 0.1) is 12.8 Å². The van der Waals surface area contributed by atoms with Crippen LogP contribution in [0.15, 0.2) is 48.5 Å². The number of hydrogen-bond donors (Lipinski definition) is 0. The Morgan fingerprint density at radius 1 is 1.00 bits per heavy atom. The number of thiazole rings is 1. The number of benzene rings is 2. The number of aromatic nitrogens is 2. The fourth-order valence-corrected chi connectivity index (χ4v) is 4.15. The van der Waals surface area contributed by atoms with E-state index >= 15 is 0 Å².